The van der Waals surface area contributed by atoms with Gasteiger partial charge in [0.25, 0.3) is 0 Å². The van der Waals surface area contributed by atoms with Gasteiger partial charge in [0.05, 0.1) is 35.0 Å². The third-order valence-electron chi connectivity index (χ3n) is 6.01. The first-order valence-corrected chi connectivity index (χ1v) is 14.4. The van der Waals surface area contributed by atoms with E-state index < -0.39 is 14.6 Å². The molecule has 1 atom stereocenters. The monoisotopic (exact) mass is 585 g/mol. The Kier molecular flexibility index (Phi) is 10.5. The molecule has 1 unspecified atom stereocenters. The van der Waals surface area contributed by atoms with Crippen LogP contribution >= 0.6 is 31.0 Å². The quantitative estimate of drug-likeness (QED) is 0.0901. The van der Waals surface area contributed by atoms with Crippen molar-refractivity contribution in [1.82, 2.24) is 9.88 Å². The SMILES string of the molecule is COOP(=O)(O)OCOc1ccc2ccc(OCCCCN3CCN(c4cccc(Cl)c4Cl)CC3)cc2n1. The van der Waals surface area contributed by atoms with Gasteiger partial charge in [0.15, 0.2) is 0 Å². The van der Waals surface area contributed by atoms with E-state index in [2.05, 4.69) is 28.9 Å². The van der Waals surface area contributed by atoms with E-state index in [9.17, 15) is 9.46 Å². The van der Waals surface area contributed by atoms with Crippen molar-refractivity contribution in [3.63, 3.8) is 0 Å². The number of ether oxygens (including phenoxy) is 2. The molecule has 0 amide bonds. The zero-order valence-corrected chi connectivity index (χ0v) is 23.3. The first-order valence-electron chi connectivity index (χ1n) is 12.1. The summed E-state index contributed by atoms with van der Waals surface area (Å²) >= 11 is 12.5. The Balaban J connectivity index is 1.17. The second-order valence-electron chi connectivity index (χ2n) is 8.56. The van der Waals surface area contributed by atoms with Gasteiger partial charge in [-0.05, 0) is 49.7 Å². The minimum Gasteiger partial charge on any atom is -0.494 e. The number of phosphoric acid groups is 1. The molecule has 2 aromatic carbocycles. The maximum atomic E-state index is 11.4. The van der Waals surface area contributed by atoms with Gasteiger partial charge in [0.2, 0.25) is 12.7 Å². The summed E-state index contributed by atoms with van der Waals surface area (Å²) in [6.45, 7) is 4.86. The first kappa shape index (κ1) is 28.9. The number of fused-ring (bicyclic) bond motifs is 1. The summed E-state index contributed by atoms with van der Waals surface area (Å²) in [4.78, 5) is 22.6. The van der Waals surface area contributed by atoms with Crippen LogP contribution in [0.15, 0.2) is 48.5 Å². The van der Waals surface area contributed by atoms with Gasteiger partial charge in [-0.1, -0.05) is 29.3 Å². The molecule has 1 fully saturated rings. The maximum Gasteiger partial charge on any atom is 0.502 e. The molecule has 13 heteroatoms. The van der Waals surface area contributed by atoms with Gasteiger partial charge in [-0.25, -0.2) is 19.0 Å². The molecular weight excluding hydrogens is 556 g/mol. The lowest BCUT2D eigenvalue weighted by atomic mass is 10.2. The molecule has 1 N–H and O–H groups in total. The minimum absolute atomic E-state index is 0.227. The maximum absolute atomic E-state index is 11.4. The molecule has 0 saturated carbocycles. The van der Waals surface area contributed by atoms with Gasteiger partial charge in [-0.3, -0.25) is 4.90 Å². The standard InChI is InChI=1S/C25H30Cl2N3O7P/c1-33-37-38(31,32)36-18-35-24-10-8-19-7-9-20(17-22(19)28-24)34-16-3-2-11-29-12-14-30(15-13-29)23-6-4-5-21(26)25(23)27/h4-10,17H,2-3,11-16,18H2,1H3,(H,31,32). The molecule has 0 bridgehead atoms. The molecule has 10 nitrogen and oxygen atoms in total. The number of rotatable bonds is 13. The highest BCUT2D eigenvalue weighted by atomic mass is 35.5. The van der Waals surface area contributed by atoms with Gasteiger partial charge in [-0.15, -0.1) is 4.67 Å². The number of hydrogen-bond acceptors (Lipinski definition) is 9. The third kappa shape index (κ3) is 8.18. The lowest BCUT2D eigenvalue weighted by Gasteiger charge is -2.36. The Hall–Kier alpha value is -2.14. The number of phosphoric ester groups is 1. The Labute approximate surface area is 231 Å². The normalized spacial score (nSPS) is 15.9. The molecule has 0 spiro atoms. The molecule has 1 saturated heterocycles. The summed E-state index contributed by atoms with van der Waals surface area (Å²) in [6.07, 6.45) is 1.96. The predicted molar refractivity (Wildman–Crippen MR) is 146 cm³/mol. The number of aromatic nitrogens is 1. The number of unbranched alkanes of at least 4 members (excludes halogenated alkanes) is 1. The molecule has 3 aromatic rings. The Morgan fingerprint density at radius 1 is 1.03 bits per heavy atom. The van der Waals surface area contributed by atoms with Gasteiger partial charge in [-0.2, -0.15) is 0 Å². The van der Waals surface area contributed by atoms with Gasteiger partial charge >= 0.3 is 7.82 Å². The van der Waals surface area contributed by atoms with E-state index in [1.165, 1.54) is 0 Å². The third-order valence-corrected chi connectivity index (χ3v) is 7.59. The van der Waals surface area contributed by atoms with Gasteiger partial charge in [0.1, 0.15) is 5.75 Å². The largest absolute Gasteiger partial charge is 0.502 e. The van der Waals surface area contributed by atoms with E-state index in [1.807, 2.05) is 42.5 Å². The fourth-order valence-corrected chi connectivity index (χ4v) is 4.93. The number of piperazine rings is 1. The van der Waals surface area contributed by atoms with Crippen molar-refractivity contribution in [2.75, 3.05) is 58.1 Å². The van der Waals surface area contributed by atoms with Crippen molar-refractivity contribution in [1.29, 1.82) is 0 Å². The molecule has 206 valence electrons. The van der Waals surface area contributed by atoms with Crippen LogP contribution in [0.1, 0.15) is 12.8 Å². The van der Waals surface area contributed by atoms with E-state index in [1.54, 1.807) is 6.07 Å². The average molecular weight is 586 g/mol. The van der Waals surface area contributed by atoms with E-state index in [0.29, 0.717) is 27.9 Å². The molecule has 0 radical (unpaired) electrons. The molecule has 38 heavy (non-hydrogen) atoms. The van der Waals surface area contributed by atoms with Crippen LogP contribution in [0.5, 0.6) is 11.6 Å². The fraction of sp³-hybridized carbons (Fsp3) is 0.400. The van der Waals surface area contributed by atoms with Crippen molar-refractivity contribution in [2.45, 2.75) is 12.8 Å². The zero-order valence-electron chi connectivity index (χ0n) is 20.9. The second-order valence-corrected chi connectivity index (χ2v) is 10.7. The van der Waals surface area contributed by atoms with Crippen LogP contribution in [0, 0.1) is 0 Å². The van der Waals surface area contributed by atoms with Crippen molar-refractivity contribution in [3.05, 3.63) is 58.6 Å². The van der Waals surface area contributed by atoms with Crippen LogP contribution < -0.4 is 14.4 Å². The number of pyridine rings is 1. The van der Waals surface area contributed by atoms with Crippen LogP contribution in [0.4, 0.5) is 5.69 Å². The van der Waals surface area contributed by atoms with E-state index in [0.717, 1.165) is 63.7 Å². The Morgan fingerprint density at radius 3 is 2.61 bits per heavy atom. The molecular formula is C25H30Cl2N3O7P. The number of anilines is 1. The van der Waals surface area contributed by atoms with Crippen LogP contribution in [-0.2, 0) is 18.7 Å². The highest BCUT2D eigenvalue weighted by Gasteiger charge is 2.22. The summed E-state index contributed by atoms with van der Waals surface area (Å²) in [6, 6.07) is 14.9. The van der Waals surface area contributed by atoms with Gasteiger partial charge in [0, 0.05) is 43.7 Å². The Bertz CT molecular complexity index is 1260. The van der Waals surface area contributed by atoms with Crippen LogP contribution in [0.25, 0.3) is 10.9 Å². The molecule has 1 aromatic heterocycles. The summed E-state index contributed by atoms with van der Waals surface area (Å²) in [5.74, 6) is 0.934. The van der Waals surface area contributed by atoms with Crippen LogP contribution in [0.2, 0.25) is 10.0 Å². The van der Waals surface area contributed by atoms with E-state index in [-0.39, 0.29) is 5.88 Å². The molecule has 2 heterocycles. The van der Waals surface area contributed by atoms with E-state index in [4.69, 9.17) is 32.7 Å². The smallest absolute Gasteiger partial charge is 0.494 e. The fourth-order valence-electron chi connectivity index (χ4n) is 4.09. The summed E-state index contributed by atoms with van der Waals surface area (Å²) in [5, 5.41) is 2.11. The van der Waals surface area contributed by atoms with Crippen LogP contribution in [0.3, 0.4) is 0 Å². The van der Waals surface area contributed by atoms with Crippen molar-refractivity contribution in [2.24, 2.45) is 0 Å². The number of nitrogens with zero attached hydrogens (tertiary/aromatic N) is 3. The lowest BCUT2D eigenvalue weighted by molar-refractivity contribution is -0.200. The highest BCUT2D eigenvalue weighted by molar-refractivity contribution is 7.47. The van der Waals surface area contributed by atoms with Gasteiger partial charge < -0.3 is 19.3 Å². The predicted octanol–water partition coefficient (Wildman–Crippen LogP) is 5.55. The number of halogens is 2. The topological polar surface area (TPSA) is 103 Å². The lowest BCUT2D eigenvalue weighted by Crippen LogP contribution is -2.46. The molecule has 4 rings (SSSR count). The number of hydrogen-bond donors (Lipinski definition) is 1. The van der Waals surface area contributed by atoms with Crippen LogP contribution in [-0.4, -0.2) is 68.0 Å². The molecule has 0 aliphatic carbocycles. The summed E-state index contributed by atoms with van der Waals surface area (Å²) in [5.41, 5.74) is 1.66. The minimum atomic E-state index is -4.34. The molecule has 1 aliphatic heterocycles. The number of benzene rings is 2. The average Bonchev–Trinajstić information content (AvgIpc) is 2.90. The summed E-state index contributed by atoms with van der Waals surface area (Å²) < 4.78 is 31.4. The zero-order chi connectivity index (χ0) is 27.0. The van der Waals surface area contributed by atoms with Crippen molar-refractivity contribution in [3.8, 4) is 11.6 Å². The second kappa shape index (κ2) is 13.8. The van der Waals surface area contributed by atoms with E-state index >= 15 is 0 Å². The summed E-state index contributed by atoms with van der Waals surface area (Å²) in [7, 11) is -3.24. The first-order chi connectivity index (χ1) is 18.3. The van der Waals surface area contributed by atoms with Crippen molar-refractivity contribution >= 4 is 47.6 Å². The highest BCUT2D eigenvalue weighted by Crippen LogP contribution is 2.43. The Morgan fingerprint density at radius 2 is 1.82 bits per heavy atom. The molecule has 1 aliphatic rings. The van der Waals surface area contributed by atoms with Crippen molar-refractivity contribution < 1.29 is 33.0 Å².